The van der Waals surface area contributed by atoms with Crippen LogP contribution in [0.2, 0.25) is 0 Å². The van der Waals surface area contributed by atoms with Gasteiger partial charge in [-0.1, -0.05) is 41.0 Å². The molecule has 0 aromatic heterocycles. The van der Waals surface area contributed by atoms with Crippen LogP contribution < -0.4 is 16.0 Å². The van der Waals surface area contributed by atoms with Crippen molar-refractivity contribution in [1.82, 2.24) is 25.8 Å². The Bertz CT molecular complexity index is 677. The summed E-state index contributed by atoms with van der Waals surface area (Å²) in [6, 6.07) is -2.65. The van der Waals surface area contributed by atoms with Crippen molar-refractivity contribution < 1.29 is 24.3 Å². The number of carboxylic acid groups (broad SMARTS) is 1. The van der Waals surface area contributed by atoms with Gasteiger partial charge in [-0.25, -0.2) is 4.79 Å². The molecule has 1 fully saturated rings. The average Bonchev–Trinajstić information content (AvgIpc) is 2.73. The molecule has 196 valence electrons. The van der Waals surface area contributed by atoms with Gasteiger partial charge < -0.3 is 26.0 Å². The van der Waals surface area contributed by atoms with Crippen molar-refractivity contribution in [1.29, 1.82) is 0 Å². The van der Waals surface area contributed by atoms with E-state index in [4.69, 9.17) is 0 Å². The Labute approximate surface area is 204 Å². The molecule has 0 aromatic carbocycles. The molecular weight excluding hydrogens is 438 g/mol. The zero-order valence-corrected chi connectivity index (χ0v) is 21.7. The first-order valence-electron chi connectivity index (χ1n) is 12.5. The number of carbonyl (C=O) groups excluding carboxylic acids is 3. The fourth-order valence-electron chi connectivity index (χ4n) is 3.95. The summed E-state index contributed by atoms with van der Waals surface area (Å²) in [7, 11) is 2.05. The molecule has 34 heavy (non-hydrogen) atoms. The number of likely N-dealkylation sites (N-methyl/N-ethyl adjacent to an activating group) is 1. The van der Waals surface area contributed by atoms with Crippen LogP contribution in [-0.2, 0) is 19.2 Å². The molecule has 1 aliphatic heterocycles. The average molecular weight is 484 g/mol. The van der Waals surface area contributed by atoms with Crippen LogP contribution >= 0.6 is 0 Å². The van der Waals surface area contributed by atoms with E-state index < -0.39 is 35.9 Å². The van der Waals surface area contributed by atoms with Crippen LogP contribution in [0.25, 0.3) is 0 Å². The molecule has 3 atom stereocenters. The highest BCUT2D eigenvalue weighted by Gasteiger charge is 2.30. The summed E-state index contributed by atoms with van der Waals surface area (Å²) >= 11 is 0. The maximum Gasteiger partial charge on any atom is 0.326 e. The Balaban J connectivity index is 2.84. The highest BCUT2D eigenvalue weighted by atomic mass is 16.4. The van der Waals surface area contributed by atoms with Crippen molar-refractivity contribution >= 4 is 23.7 Å². The highest BCUT2D eigenvalue weighted by molar-refractivity contribution is 5.93. The first-order chi connectivity index (χ1) is 15.9. The molecule has 1 saturated heterocycles. The second-order valence-corrected chi connectivity index (χ2v) is 10.2. The van der Waals surface area contributed by atoms with Gasteiger partial charge in [0.25, 0.3) is 0 Å². The molecule has 3 amide bonds. The molecule has 0 aromatic rings. The van der Waals surface area contributed by atoms with Crippen molar-refractivity contribution in [2.45, 2.75) is 78.4 Å². The minimum absolute atomic E-state index is 0.0980. The molecule has 4 N–H and O–H groups in total. The van der Waals surface area contributed by atoms with Gasteiger partial charge in [0, 0.05) is 26.2 Å². The zero-order chi connectivity index (χ0) is 25.8. The Kier molecular flexibility index (Phi) is 13.1. The summed E-state index contributed by atoms with van der Waals surface area (Å²) in [6.45, 7) is 13.2. The van der Waals surface area contributed by atoms with Crippen LogP contribution in [0.4, 0.5) is 0 Å². The number of nitrogens with zero attached hydrogens (tertiary/aromatic N) is 2. The second kappa shape index (κ2) is 14.9. The summed E-state index contributed by atoms with van der Waals surface area (Å²) in [6.07, 6.45) is 1.71. The van der Waals surface area contributed by atoms with Crippen LogP contribution in [0.3, 0.4) is 0 Å². The summed E-state index contributed by atoms with van der Waals surface area (Å²) in [5.74, 6) is -2.01. The molecule has 1 rings (SSSR count). The summed E-state index contributed by atoms with van der Waals surface area (Å²) < 4.78 is 0. The number of carboxylic acids is 1. The Hall–Kier alpha value is -2.20. The Morgan fingerprint density at radius 1 is 0.794 bits per heavy atom. The number of hydrogen-bond acceptors (Lipinski definition) is 6. The minimum Gasteiger partial charge on any atom is -0.480 e. The van der Waals surface area contributed by atoms with Crippen molar-refractivity contribution in [3.63, 3.8) is 0 Å². The third-order valence-corrected chi connectivity index (χ3v) is 5.85. The van der Waals surface area contributed by atoms with E-state index in [1.54, 1.807) is 0 Å². The fraction of sp³-hybridized carbons (Fsp3) is 0.833. The van der Waals surface area contributed by atoms with Gasteiger partial charge in [0.1, 0.15) is 18.1 Å². The van der Waals surface area contributed by atoms with Crippen LogP contribution in [-0.4, -0.2) is 96.5 Å². The number of rotatable bonds is 14. The number of amides is 3. The van der Waals surface area contributed by atoms with Crippen molar-refractivity contribution in [2.75, 3.05) is 39.8 Å². The van der Waals surface area contributed by atoms with E-state index in [0.29, 0.717) is 25.7 Å². The van der Waals surface area contributed by atoms with Gasteiger partial charge in [0.05, 0.1) is 6.54 Å². The maximum atomic E-state index is 13.1. The van der Waals surface area contributed by atoms with Crippen LogP contribution in [0.15, 0.2) is 0 Å². The number of carbonyl (C=O) groups is 4. The second-order valence-electron chi connectivity index (χ2n) is 10.2. The number of aliphatic carboxylic acids is 1. The monoisotopic (exact) mass is 483 g/mol. The summed E-state index contributed by atoms with van der Waals surface area (Å²) in [5, 5.41) is 17.6. The number of nitrogens with one attached hydrogen (secondary N) is 3. The Morgan fingerprint density at radius 2 is 1.26 bits per heavy atom. The molecule has 1 heterocycles. The van der Waals surface area contributed by atoms with Gasteiger partial charge in [-0.15, -0.1) is 0 Å². The van der Waals surface area contributed by atoms with Gasteiger partial charge >= 0.3 is 5.97 Å². The lowest BCUT2D eigenvalue weighted by Crippen LogP contribution is -2.57. The lowest BCUT2D eigenvalue weighted by Gasteiger charge is -2.32. The molecule has 10 nitrogen and oxygen atoms in total. The molecule has 1 unspecified atom stereocenters. The quantitative estimate of drug-likeness (QED) is 0.285. The third-order valence-electron chi connectivity index (χ3n) is 5.85. The standard InChI is InChI=1S/C24H45N5O5/c1-7-8-18(24(33)34)26-23(32)20(14-17(4)5)27-22(31)19(13-16(2)3)25-21(30)15-29-11-9-28(6)10-12-29/h16-20H,7-15H2,1-6H3,(H,25,30)(H,26,32)(H,27,31)(H,33,34)/t18?,19-,20-/m0/s1. The molecule has 0 spiro atoms. The number of hydrogen-bond donors (Lipinski definition) is 4. The van der Waals surface area contributed by atoms with E-state index in [-0.39, 0.29) is 24.3 Å². The lowest BCUT2D eigenvalue weighted by atomic mass is 9.99. The largest absolute Gasteiger partial charge is 0.480 e. The topological polar surface area (TPSA) is 131 Å². The van der Waals surface area contributed by atoms with E-state index in [9.17, 15) is 24.3 Å². The summed E-state index contributed by atoms with van der Waals surface area (Å²) in [4.78, 5) is 54.4. The van der Waals surface area contributed by atoms with Crippen LogP contribution in [0.5, 0.6) is 0 Å². The predicted molar refractivity (Wildman–Crippen MR) is 131 cm³/mol. The predicted octanol–water partition coefficient (Wildman–Crippen LogP) is 0.665. The molecular formula is C24H45N5O5. The smallest absolute Gasteiger partial charge is 0.326 e. The Morgan fingerprint density at radius 3 is 1.71 bits per heavy atom. The van der Waals surface area contributed by atoms with Crippen molar-refractivity contribution in [2.24, 2.45) is 11.8 Å². The first kappa shape index (κ1) is 29.8. The van der Waals surface area contributed by atoms with Crippen LogP contribution in [0.1, 0.15) is 60.3 Å². The summed E-state index contributed by atoms with van der Waals surface area (Å²) in [5.41, 5.74) is 0. The zero-order valence-electron chi connectivity index (χ0n) is 21.7. The SMILES string of the molecule is CCCC(NC(=O)[C@H](CC(C)C)NC(=O)[C@H](CC(C)C)NC(=O)CN1CCN(C)CC1)C(=O)O. The normalized spacial score (nSPS) is 17.8. The van der Waals surface area contributed by atoms with Gasteiger partial charge in [0.15, 0.2) is 0 Å². The molecule has 0 radical (unpaired) electrons. The van der Waals surface area contributed by atoms with E-state index in [1.165, 1.54) is 0 Å². The van der Waals surface area contributed by atoms with Crippen molar-refractivity contribution in [3.05, 3.63) is 0 Å². The first-order valence-corrected chi connectivity index (χ1v) is 12.5. The fourth-order valence-corrected chi connectivity index (χ4v) is 3.95. The third kappa shape index (κ3) is 11.3. The van der Waals surface area contributed by atoms with E-state index in [2.05, 4.69) is 25.8 Å². The maximum absolute atomic E-state index is 13.1. The number of piperazine rings is 1. The van der Waals surface area contributed by atoms with E-state index in [1.807, 2.05) is 41.7 Å². The molecule has 0 aliphatic carbocycles. The molecule has 10 heteroatoms. The van der Waals surface area contributed by atoms with E-state index >= 15 is 0 Å². The molecule has 0 bridgehead atoms. The van der Waals surface area contributed by atoms with Gasteiger partial charge in [-0.2, -0.15) is 0 Å². The molecule has 1 aliphatic rings. The molecule has 0 saturated carbocycles. The lowest BCUT2D eigenvalue weighted by molar-refractivity contribution is -0.142. The highest BCUT2D eigenvalue weighted by Crippen LogP contribution is 2.10. The minimum atomic E-state index is -1.10. The van der Waals surface area contributed by atoms with Crippen molar-refractivity contribution in [3.8, 4) is 0 Å². The van der Waals surface area contributed by atoms with Crippen LogP contribution in [0, 0.1) is 11.8 Å². The van der Waals surface area contributed by atoms with E-state index in [0.717, 1.165) is 26.2 Å². The van der Waals surface area contributed by atoms with Gasteiger partial charge in [-0.3, -0.25) is 19.3 Å². The van der Waals surface area contributed by atoms with Gasteiger partial charge in [0.2, 0.25) is 17.7 Å². The van der Waals surface area contributed by atoms with Gasteiger partial charge in [-0.05, 0) is 38.1 Å².